The average Bonchev–Trinajstić information content (AvgIpc) is 3.23. The molecule has 9 heteroatoms. The molecule has 0 bridgehead atoms. The van der Waals surface area contributed by atoms with Gasteiger partial charge in [0.15, 0.2) is 0 Å². The van der Waals surface area contributed by atoms with Gasteiger partial charge in [-0.1, -0.05) is 22.0 Å². The smallest absolute Gasteiger partial charge is 0.266 e. The van der Waals surface area contributed by atoms with Crippen LogP contribution in [-0.2, 0) is 4.74 Å². The van der Waals surface area contributed by atoms with Crippen molar-refractivity contribution >= 4 is 33.2 Å². The van der Waals surface area contributed by atoms with Crippen molar-refractivity contribution in [1.82, 2.24) is 20.2 Å². The molecule has 1 fully saturated rings. The van der Waals surface area contributed by atoms with Gasteiger partial charge in [0.05, 0.1) is 24.0 Å². The van der Waals surface area contributed by atoms with Crippen molar-refractivity contribution in [1.29, 1.82) is 0 Å². The molecule has 3 aromatic rings. The molecule has 3 heterocycles. The number of hydrogen-bond donors (Lipinski definition) is 0. The molecular weight excluding hydrogens is 458 g/mol. The van der Waals surface area contributed by atoms with E-state index in [2.05, 4.69) is 53.6 Å². The third-order valence-electron chi connectivity index (χ3n) is 4.69. The van der Waals surface area contributed by atoms with Gasteiger partial charge in [-0.25, -0.2) is 9.97 Å². The number of rotatable bonds is 6. The molecule has 0 aliphatic carbocycles. The van der Waals surface area contributed by atoms with E-state index >= 15 is 0 Å². The SMILES string of the molecule is C=CCOC1CCN(c2cc(Br)ccc2-c2nnc(-c3ccnc(Cl)n3)o2)CC1. The minimum absolute atomic E-state index is 0.133. The van der Waals surface area contributed by atoms with E-state index in [0.717, 1.165) is 41.7 Å². The molecule has 0 radical (unpaired) electrons. The van der Waals surface area contributed by atoms with E-state index in [4.69, 9.17) is 20.8 Å². The first-order chi connectivity index (χ1) is 14.1. The van der Waals surface area contributed by atoms with Gasteiger partial charge >= 0.3 is 0 Å². The summed E-state index contributed by atoms with van der Waals surface area (Å²) in [7, 11) is 0. The van der Waals surface area contributed by atoms with Crippen LogP contribution in [0, 0.1) is 0 Å². The maximum Gasteiger partial charge on any atom is 0.266 e. The van der Waals surface area contributed by atoms with Gasteiger partial charge in [-0.05, 0) is 48.7 Å². The molecular formula is C20H19BrClN5O2. The highest BCUT2D eigenvalue weighted by atomic mass is 79.9. The molecule has 1 aliphatic rings. The van der Waals surface area contributed by atoms with Crippen LogP contribution in [0.4, 0.5) is 5.69 Å². The van der Waals surface area contributed by atoms with Crippen molar-refractivity contribution in [2.24, 2.45) is 0 Å². The summed E-state index contributed by atoms with van der Waals surface area (Å²) in [5, 5.41) is 8.50. The van der Waals surface area contributed by atoms with Crippen molar-refractivity contribution in [3.63, 3.8) is 0 Å². The molecule has 1 aromatic carbocycles. The highest BCUT2D eigenvalue weighted by Gasteiger charge is 2.24. The number of aromatic nitrogens is 4. The number of piperidine rings is 1. The number of halogens is 2. The lowest BCUT2D eigenvalue weighted by atomic mass is 10.0. The fraction of sp³-hybridized carbons (Fsp3) is 0.300. The molecule has 1 aliphatic heterocycles. The average molecular weight is 477 g/mol. The summed E-state index contributed by atoms with van der Waals surface area (Å²) in [6.07, 6.45) is 5.51. The van der Waals surface area contributed by atoms with Crippen LogP contribution in [0.25, 0.3) is 23.0 Å². The van der Waals surface area contributed by atoms with Crippen molar-refractivity contribution < 1.29 is 9.15 Å². The lowest BCUT2D eigenvalue weighted by molar-refractivity contribution is 0.0563. The predicted molar refractivity (Wildman–Crippen MR) is 115 cm³/mol. The van der Waals surface area contributed by atoms with Gasteiger partial charge < -0.3 is 14.1 Å². The monoisotopic (exact) mass is 475 g/mol. The number of nitrogens with zero attached hydrogens (tertiary/aromatic N) is 5. The summed E-state index contributed by atoms with van der Waals surface area (Å²) in [5.74, 6) is 0.733. The third kappa shape index (κ3) is 4.66. The Morgan fingerprint density at radius 1 is 1.24 bits per heavy atom. The Bertz CT molecular complexity index is 1000. The van der Waals surface area contributed by atoms with E-state index in [0.29, 0.717) is 24.1 Å². The molecule has 0 spiro atoms. The minimum atomic E-state index is 0.133. The number of benzene rings is 1. The zero-order chi connectivity index (χ0) is 20.2. The van der Waals surface area contributed by atoms with E-state index < -0.39 is 0 Å². The van der Waals surface area contributed by atoms with Crippen LogP contribution in [0.15, 0.2) is 52.0 Å². The fourth-order valence-corrected chi connectivity index (χ4v) is 3.80. The van der Waals surface area contributed by atoms with Crippen LogP contribution in [0.5, 0.6) is 0 Å². The summed E-state index contributed by atoms with van der Waals surface area (Å²) < 4.78 is 12.7. The first-order valence-corrected chi connectivity index (χ1v) is 10.4. The van der Waals surface area contributed by atoms with Crippen LogP contribution in [0.2, 0.25) is 5.28 Å². The molecule has 29 heavy (non-hydrogen) atoms. The van der Waals surface area contributed by atoms with E-state index in [1.54, 1.807) is 18.3 Å². The molecule has 0 unspecified atom stereocenters. The van der Waals surface area contributed by atoms with Crippen molar-refractivity contribution in [2.45, 2.75) is 18.9 Å². The van der Waals surface area contributed by atoms with E-state index in [9.17, 15) is 0 Å². The van der Waals surface area contributed by atoms with Gasteiger partial charge in [-0.2, -0.15) is 0 Å². The normalized spacial score (nSPS) is 14.9. The topological polar surface area (TPSA) is 77.2 Å². The first kappa shape index (κ1) is 20.0. The largest absolute Gasteiger partial charge is 0.415 e. The predicted octanol–water partition coefficient (Wildman–Crippen LogP) is 4.78. The Hall–Kier alpha value is -2.29. The third-order valence-corrected chi connectivity index (χ3v) is 5.37. The Labute approximate surface area is 181 Å². The second-order valence-electron chi connectivity index (χ2n) is 6.59. The second-order valence-corrected chi connectivity index (χ2v) is 7.85. The molecule has 2 aromatic heterocycles. The quantitative estimate of drug-likeness (QED) is 0.374. The zero-order valence-electron chi connectivity index (χ0n) is 15.6. The van der Waals surface area contributed by atoms with Gasteiger partial charge in [0.1, 0.15) is 5.69 Å². The molecule has 0 amide bonds. The Kier molecular flexibility index (Phi) is 6.22. The Morgan fingerprint density at radius 3 is 2.79 bits per heavy atom. The molecule has 0 N–H and O–H groups in total. The van der Waals surface area contributed by atoms with Crippen LogP contribution in [0.1, 0.15) is 12.8 Å². The Balaban J connectivity index is 1.59. The summed E-state index contributed by atoms with van der Waals surface area (Å²) in [6.45, 7) is 6.07. The van der Waals surface area contributed by atoms with Crippen LogP contribution >= 0.6 is 27.5 Å². The van der Waals surface area contributed by atoms with Gasteiger partial charge in [0, 0.05) is 23.8 Å². The summed E-state index contributed by atoms with van der Waals surface area (Å²) >= 11 is 9.44. The van der Waals surface area contributed by atoms with E-state index in [1.165, 1.54) is 0 Å². The van der Waals surface area contributed by atoms with Gasteiger partial charge in [-0.15, -0.1) is 16.8 Å². The van der Waals surface area contributed by atoms with Crippen LogP contribution in [0.3, 0.4) is 0 Å². The zero-order valence-corrected chi connectivity index (χ0v) is 17.9. The maximum atomic E-state index is 5.91. The van der Waals surface area contributed by atoms with Gasteiger partial charge in [-0.3, -0.25) is 0 Å². The lowest BCUT2D eigenvalue weighted by Gasteiger charge is -2.34. The molecule has 0 saturated carbocycles. The highest BCUT2D eigenvalue weighted by Crippen LogP contribution is 2.35. The summed E-state index contributed by atoms with van der Waals surface area (Å²) in [6, 6.07) is 7.69. The first-order valence-electron chi connectivity index (χ1n) is 9.24. The number of ether oxygens (including phenoxy) is 1. The van der Waals surface area contributed by atoms with Gasteiger partial charge in [0.25, 0.3) is 5.89 Å². The van der Waals surface area contributed by atoms with Crippen LogP contribution in [-0.4, -0.2) is 46.0 Å². The van der Waals surface area contributed by atoms with Crippen LogP contribution < -0.4 is 4.90 Å². The van der Waals surface area contributed by atoms with Crippen molar-refractivity contribution in [3.05, 3.63) is 52.9 Å². The van der Waals surface area contributed by atoms with Crippen molar-refractivity contribution in [2.75, 3.05) is 24.6 Å². The lowest BCUT2D eigenvalue weighted by Crippen LogP contribution is -2.37. The highest BCUT2D eigenvalue weighted by molar-refractivity contribution is 9.10. The fourth-order valence-electron chi connectivity index (χ4n) is 3.30. The summed E-state index contributed by atoms with van der Waals surface area (Å²) in [5.41, 5.74) is 2.40. The van der Waals surface area contributed by atoms with E-state index in [-0.39, 0.29) is 11.4 Å². The van der Waals surface area contributed by atoms with Crippen molar-refractivity contribution in [3.8, 4) is 23.0 Å². The standard InChI is InChI=1S/C20H19BrClN5O2/c1-2-11-28-14-6-9-27(10-7-14)17-12-13(21)3-4-15(17)18-25-26-19(29-18)16-5-8-23-20(22)24-16/h2-5,8,12,14H,1,6-7,9-11H2. The number of hydrogen-bond acceptors (Lipinski definition) is 7. The van der Waals surface area contributed by atoms with Gasteiger partial charge in [0.2, 0.25) is 11.2 Å². The Morgan fingerprint density at radius 2 is 2.03 bits per heavy atom. The second kappa shape index (κ2) is 9.02. The minimum Gasteiger partial charge on any atom is -0.415 e. The molecule has 7 nitrogen and oxygen atoms in total. The molecule has 4 rings (SSSR count). The summed E-state index contributed by atoms with van der Waals surface area (Å²) in [4.78, 5) is 10.3. The molecule has 150 valence electrons. The van der Waals surface area contributed by atoms with E-state index in [1.807, 2.05) is 12.1 Å². The maximum absolute atomic E-state index is 5.91. The molecule has 1 saturated heterocycles. The molecule has 0 atom stereocenters. The number of anilines is 1.